The normalized spacial score (nSPS) is 17.2. The minimum atomic E-state index is -4.74. The van der Waals surface area contributed by atoms with Crippen LogP contribution in [0.4, 0.5) is 17.6 Å². The molecule has 2 aromatic rings. The van der Waals surface area contributed by atoms with Crippen molar-refractivity contribution in [3.63, 3.8) is 0 Å². The molecule has 1 atom stereocenters. The molecule has 0 aliphatic carbocycles. The van der Waals surface area contributed by atoms with Gasteiger partial charge in [0.1, 0.15) is 17.6 Å². The fourth-order valence-corrected chi connectivity index (χ4v) is 4.84. The zero-order chi connectivity index (χ0) is 24.2. The summed E-state index contributed by atoms with van der Waals surface area (Å²) in [6.45, 7) is 4.47. The van der Waals surface area contributed by atoms with Crippen molar-refractivity contribution >= 4 is 10.0 Å². The number of nitrogens with zero attached hydrogens (tertiary/aromatic N) is 1. The molecule has 1 aliphatic rings. The summed E-state index contributed by atoms with van der Waals surface area (Å²) >= 11 is 0. The first kappa shape index (κ1) is 25.5. The molecule has 2 aromatic carbocycles. The molecule has 5 nitrogen and oxygen atoms in total. The summed E-state index contributed by atoms with van der Waals surface area (Å²) in [5.41, 5.74) is 1.68. The summed E-state index contributed by atoms with van der Waals surface area (Å²) in [5.74, 6) is 0.497. The van der Waals surface area contributed by atoms with Crippen molar-refractivity contribution in [1.29, 1.82) is 0 Å². The third-order valence-corrected chi connectivity index (χ3v) is 6.35. The van der Waals surface area contributed by atoms with Crippen molar-refractivity contribution in [3.05, 3.63) is 65.0 Å². The molecule has 182 valence electrons. The van der Waals surface area contributed by atoms with Gasteiger partial charge < -0.3 is 4.74 Å². The van der Waals surface area contributed by atoms with Crippen molar-refractivity contribution in [1.82, 2.24) is 9.62 Å². The molecule has 1 fully saturated rings. The van der Waals surface area contributed by atoms with E-state index in [2.05, 4.69) is 4.90 Å². The second-order valence-electron chi connectivity index (χ2n) is 8.27. The Morgan fingerprint density at radius 3 is 2.30 bits per heavy atom. The first-order chi connectivity index (χ1) is 15.5. The van der Waals surface area contributed by atoms with Crippen molar-refractivity contribution in [2.24, 2.45) is 0 Å². The monoisotopic (exact) mass is 488 g/mol. The third-order valence-electron chi connectivity index (χ3n) is 5.68. The molecular formula is C23H28F4N2O3S. The first-order valence-corrected chi connectivity index (χ1v) is 12.6. The summed E-state index contributed by atoms with van der Waals surface area (Å²) < 4.78 is 83.5. The third kappa shape index (κ3) is 7.15. The summed E-state index contributed by atoms with van der Waals surface area (Å²) in [6, 6.07) is 8.16. The molecule has 0 spiro atoms. The van der Waals surface area contributed by atoms with Gasteiger partial charge in [-0.25, -0.2) is 12.8 Å². The van der Waals surface area contributed by atoms with Crippen LogP contribution in [0, 0.1) is 5.82 Å². The van der Waals surface area contributed by atoms with Crippen LogP contribution in [0.1, 0.15) is 48.4 Å². The van der Waals surface area contributed by atoms with E-state index in [9.17, 15) is 26.0 Å². The Balaban J connectivity index is 1.62. The van der Waals surface area contributed by atoms with Gasteiger partial charge in [0.25, 0.3) is 0 Å². The van der Waals surface area contributed by atoms with Crippen molar-refractivity contribution < 1.29 is 30.7 Å². The Kier molecular flexibility index (Phi) is 8.02. The van der Waals surface area contributed by atoms with Gasteiger partial charge in [-0.15, -0.1) is 0 Å². The molecule has 10 heteroatoms. The highest BCUT2D eigenvalue weighted by molar-refractivity contribution is 7.88. The van der Waals surface area contributed by atoms with E-state index in [1.807, 2.05) is 6.92 Å². The lowest BCUT2D eigenvalue weighted by Crippen LogP contribution is -2.37. The van der Waals surface area contributed by atoms with Crippen LogP contribution in [0.25, 0.3) is 0 Å². The van der Waals surface area contributed by atoms with Crippen LogP contribution >= 0.6 is 0 Å². The predicted octanol–water partition coefficient (Wildman–Crippen LogP) is 4.76. The molecule has 1 heterocycles. The van der Waals surface area contributed by atoms with Crippen LogP contribution in [0.5, 0.6) is 5.75 Å². The van der Waals surface area contributed by atoms with Crippen LogP contribution in [-0.2, 0) is 16.6 Å². The van der Waals surface area contributed by atoms with Gasteiger partial charge in [0.15, 0.2) is 0 Å². The van der Waals surface area contributed by atoms with Gasteiger partial charge in [-0.05, 0) is 61.5 Å². The molecule has 0 saturated carbocycles. The number of benzene rings is 2. The average Bonchev–Trinajstić information content (AvgIpc) is 2.73. The van der Waals surface area contributed by atoms with Gasteiger partial charge in [-0.1, -0.05) is 30.3 Å². The Labute approximate surface area is 191 Å². The molecule has 1 saturated heterocycles. The van der Waals surface area contributed by atoms with E-state index in [0.717, 1.165) is 37.1 Å². The summed E-state index contributed by atoms with van der Waals surface area (Å²) in [5, 5.41) is 0. The highest BCUT2D eigenvalue weighted by atomic mass is 32.2. The van der Waals surface area contributed by atoms with Crippen molar-refractivity contribution in [3.8, 4) is 5.75 Å². The number of ether oxygens (including phenoxy) is 1. The number of halogens is 4. The number of hydrogen-bond donors (Lipinski definition) is 1. The van der Waals surface area contributed by atoms with Crippen molar-refractivity contribution in [2.45, 2.75) is 44.4 Å². The van der Waals surface area contributed by atoms with Gasteiger partial charge in [0, 0.05) is 12.6 Å². The van der Waals surface area contributed by atoms with Gasteiger partial charge in [0.05, 0.1) is 12.9 Å². The molecular weight excluding hydrogens is 460 g/mol. The molecule has 0 amide bonds. The maximum Gasteiger partial charge on any atom is 0.408 e. The standard InChI is InChI=1S/C23H28F4N2O3S/c1-3-32-21-14-19(24)8-9-20(21)17-10-12-29(13-11-17)15-16-4-6-18(7-5-16)22(23(25,26)27)28-33(2,30)31/h4-9,14,17,22,28H,3,10-13,15H2,1-2H3/t22-/m0/s1. The molecule has 0 unspecified atom stereocenters. The van der Waals surface area contributed by atoms with E-state index in [-0.39, 0.29) is 17.3 Å². The van der Waals surface area contributed by atoms with E-state index < -0.39 is 22.2 Å². The number of hydrogen-bond acceptors (Lipinski definition) is 4. The molecule has 33 heavy (non-hydrogen) atoms. The van der Waals surface area contributed by atoms with E-state index >= 15 is 0 Å². The lowest BCUT2D eigenvalue weighted by molar-refractivity contribution is -0.153. The predicted molar refractivity (Wildman–Crippen MR) is 118 cm³/mol. The quantitative estimate of drug-likeness (QED) is 0.545. The molecule has 0 radical (unpaired) electrons. The molecule has 1 N–H and O–H groups in total. The molecule has 0 bridgehead atoms. The number of likely N-dealkylation sites (tertiary alicyclic amines) is 1. The van der Waals surface area contributed by atoms with Crippen LogP contribution in [0.3, 0.4) is 0 Å². The maximum absolute atomic E-state index is 13.6. The van der Waals surface area contributed by atoms with Crippen LogP contribution in [-0.4, -0.2) is 45.4 Å². The number of rotatable bonds is 8. The van der Waals surface area contributed by atoms with E-state index in [1.165, 1.54) is 24.3 Å². The maximum atomic E-state index is 13.6. The number of nitrogens with one attached hydrogen (secondary N) is 1. The zero-order valence-electron chi connectivity index (χ0n) is 18.5. The van der Waals surface area contributed by atoms with Crippen LogP contribution < -0.4 is 9.46 Å². The highest BCUT2D eigenvalue weighted by Crippen LogP contribution is 2.36. The fourth-order valence-electron chi connectivity index (χ4n) is 4.14. The number of piperidine rings is 1. The smallest absolute Gasteiger partial charge is 0.408 e. The summed E-state index contributed by atoms with van der Waals surface area (Å²) in [7, 11) is -4.03. The van der Waals surface area contributed by atoms with E-state index in [4.69, 9.17) is 4.74 Å². The van der Waals surface area contributed by atoms with Gasteiger partial charge in [-0.2, -0.15) is 17.9 Å². The summed E-state index contributed by atoms with van der Waals surface area (Å²) in [6.07, 6.45) is -2.32. The lowest BCUT2D eigenvalue weighted by atomic mass is 9.88. The Morgan fingerprint density at radius 2 is 1.76 bits per heavy atom. The van der Waals surface area contributed by atoms with Crippen molar-refractivity contribution in [2.75, 3.05) is 26.0 Å². The van der Waals surface area contributed by atoms with E-state index in [1.54, 1.807) is 22.9 Å². The average molecular weight is 489 g/mol. The van der Waals surface area contributed by atoms with Gasteiger partial charge in [-0.3, -0.25) is 4.90 Å². The fraction of sp³-hybridized carbons (Fsp3) is 0.478. The molecule has 0 aromatic heterocycles. The topological polar surface area (TPSA) is 58.6 Å². The first-order valence-electron chi connectivity index (χ1n) is 10.7. The molecule has 1 aliphatic heterocycles. The SMILES string of the molecule is CCOc1cc(F)ccc1C1CCN(Cc2ccc([C@H](NS(C)(=O)=O)C(F)(F)F)cc2)CC1. The lowest BCUT2D eigenvalue weighted by Gasteiger charge is -2.33. The Morgan fingerprint density at radius 1 is 1.12 bits per heavy atom. The zero-order valence-corrected chi connectivity index (χ0v) is 19.3. The number of sulfonamides is 1. The highest BCUT2D eigenvalue weighted by Gasteiger charge is 2.42. The summed E-state index contributed by atoms with van der Waals surface area (Å²) in [4.78, 5) is 2.21. The van der Waals surface area contributed by atoms with Gasteiger partial charge in [0.2, 0.25) is 10.0 Å². The second-order valence-corrected chi connectivity index (χ2v) is 10.1. The van der Waals surface area contributed by atoms with Gasteiger partial charge >= 0.3 is 6.18 Å². The van der Waals surface area contributed by atoms with E-state index in [0.29, 0.717) is 25.2 Å². The molecule has 3 rings (SSSR count). The number of alkyl halides is 3. The Hall–Kier alpha value is -2.17. The van der Waals surface area contributed by atoms with Crippen LogP contribution in [0.15, 0.2) is 42.5 Å². The second kappa shape index (κ2) is 10.4. The van der Waals surface area contributed by atoms with Crippen LogP contribution in [0.2, 0.25) is 0 Å². The minimum Gasteiger partial charge on any atom is -0.493 e. The minimum absolute atomic E-state index is 0.157. The largest absolute Gasteiger partial charge is 0.493 e. The Bertz CT molecular complexity index is 1030.